The third kappa shape index (κ3) is 5.65. The second-order valence-electron chi connectivity index (χ2n) is 13.1. The van der Waals surface area contributed by atoms with Crippen molar-refractivity contribution in [3.63, 3.8) is 0 Å². The van der Waals surface area contributed by atoms with Gasteiger partial charge in [-0.25, -0.2) is 0 Å². The third-order valence-electron chi connectivity index (χ3n) is 10.1. The highest BCUT2D eigenvalue weighted by atomic mass is 79.9. The van der Waals surface area contributed by atoms with Gasteiger partial charge < -0.3 is 30.1 Å². The fourth-order valence-electron chi connectivity index (χ4n) is 7.91. The number of nitrogens with zero attached hydrogens (tertiary/aromatic N) is 1. The number of rotatable bonds is 9. The normalized spacial score (nSPS) is 26.0. The van der Waals surface area contributed by atoms with E-state index in [1.54, 1.807) is 7.11 Å². The van der Waals surface area contributed by atoms with E-state index < -0.39 is 13.7 Å². The van der Waals surface area contributed by atoms with E-state index in [9.17, 15) is 14.7 Å². The number of benzene rings is 3. The molecule has 2 saturated heterocycles. The van der Waals surface area contributed by atoms with Crippen molar-refractivity contribution in [2.75, 3.05) is 30.5 Å². The van der Waals surface area contributed by atoms with E-state index >= 15 is 0 Å². The van der Waals surface area contributed by atoms with Crippen LogP contribution in [0.4, 0.5) is 11.4 Å². The molecule has 0 unspecified atom stereocenters. The Balaban J connectivity index is 1.34. The van der Waals surface area contributed by atoms with Crippen LogP contribution in [-0.4, -0.2) is 57.4 Å². The van der Waals surface area contributed by atoms with Crippen LogP contribution in [0.1, 0.15) is 37.3 Å². The van der Waals surface area contributed by atoms with Gasteiger partial charge in [0, 0.05) is 28.2 Å². The van der Waals surface area contributed by atoms with Gasteiger partial charge in [-0.15, -0.1) is 0 Å². The lowest BCUT2D eigenvalue weighted by Gasteiger charge is -2.37. The van der Waals surface area contributed by atoms with Crippen LogP contribution < -0.4 is 25.5 Å². The molecule has 3 heterocycles. The number of amides is 2. The summed E-state index contributed by atoms with van der Waals surface area (Å²) in [5.41, 5.74) is 2.19. The molecule has 2 amide bonds. The maximum Gasteiger partial charge on any atom is 0.264 e. The minimum absolute atomic E-state index is 0.0187. The van der Waals surface area contributed by atoms with Crippen molar-refractivity contribution in [1.82, 2.24) is 5.32 Å². The average Bonchev–Trinajstić information content (AvgIpc) is 3.72. The lowest BCUT2D eigenvalue weighted by atomic mass is 9.82. The summed E-state index contributed by atoms with van der Waals surface area (Å²) in [5, 5.41) is 17.7. The van der Waals surface area contributed by atoms with Crippen molar-refractivity contribution in [2.45, 2.75) is 69.1 Å². The predicted octanol–water partition coefficient (Wildman–Crippen LogP) is 5.29. The van der Waals surface area contributed by atoms with Crippen molar-refractivity contribution >= 4 is 52.4 Å². The van der Waals surface area contributed by atoms with E-state index in [2.05, 4.69) is 58.7 Å². The number of halogens is 1. The number of methoxy groups -OCH3 is 1. The number of anilines is 2. The van der Waals surface area contributed by atoms with Gasteiger partial charge in [-0.2, -0.15) is 0 Å². The lowest BCUT2D eigenvalue weighted by Crippen LogP contribution is -2.51. The number of carbonyl (C=O) groups excluding carboxylic acids is 2. The second-order valence-corrected chi connectivity index (χ2v) is 18.7. The van der Waals surface area contributed by atoms with Crippen LogP contribution in [-0.2, 0) is 26.5 Å². The summed E-state index contributed by atoms with van der Waals surface area (Å²) in [6.45, 7) is 8.00. The Morgan fingerprint density at radius 3 is 2.64 bits per heavy atom. The molecule has 3 aliphatic rings. The molecule has 0 aromatic heterocycles. The minimum Gasteiger partial charge on any atom is -0.497 e. The van der Waals surface area contributed by atoms with Crippen LogP contribution in [0.5, 0.6) is 5.75 Å². The highest BCUT2D eigenvalue weighted by molar-refractivity contribution is 9.10. The topological polar surface area (TPSA) is 100 Å². The van der Waals surface area contributed by atoms with Gasteiger partial charge in [0.05, 0.1) is 39.6 Å². The first kappa shape index (κ1) is 31.9. The van der Waals surface area contributed by atoms with Gasteiger partial charge in [-0.3, -0.25) is 9.59 Å². The van der Waals surface area contributed by atoms with Crippen molar-refractivity contribution < 1.29 is 24.2 Å². The van der Waals surface area contributed by atoms with Gasteiger partial charge in [-0.05, 0) is 79.4 Å². The Bertz CT molecular complexity index is 1580. The molecule has 5 atom stereocenters. The lowest BCUT2D eigenvalue weighted by molar-refractivity contribution is -0.146. The monoisotopic (exact) mass is 691 g/mol. The molecule has 3 aliphatic heterocycles. The molecule has 8 nitrogen and oxygen atoms in total. The number of hydrogen-bond donors (Lipinski definition) is 3. The van der Waals surface area contributed by atoms with E-state index in [-0.39, 0.29) is 42.0 Å². The highest BCUT2D eigenvalue weighted by Gasteiger charge is 2.66. The molecule has 1 spiro atoms. The summed E-state index contributed by atoms with van der Waals surface area (Å²) < 4.78 is 13.3. The zero-order chi connectivity index (χ0) is 31.9. The molecule has 238 valence electrons. The Morgan fingerprint density at radius 1 is 1.18 bits per heavy atom. The highest BCUT2D eigenvalue weighted by Crippen LogP contribution is 2.60. The van der Waals surface area contributed by atoms with Crippen LogP contribution in [0, 0.1) is 5.92 Å². The smallest absolute Gasteiger partial charge is 0.264 e. The summed E-state index contributed by atoms with van der Waals surface area (Å²) in [4.78, 5) is 29.4. The third-order valence-corrected chi connectivity index (χ3v) is 15.0. The number of carbonyl (C=O) groups is 2. The Kier molecular flexibility index (Phi) is 8.97. The molecule has 0 radical (unpaired) electrons. The molecule has 3 aromatic carbocycles. The summed E-state index contributed by atoms with van der Waals surface area (Å²) in [6.07, 6.45) is 1.99. The van der Waals surface area contributed by atoms with Gasteiger partial charge in [0.2, 0.25) is 5.91 Å². The zero-order valence-electron chi connectivity index (χ0n) is 26.3. The number of aliphatic hydroxyl groups excluding tert-OH is 1. The van der Waals surface area contributed by atoms with Gasteiger partial charge in [-0.1, -0.05) is 65.4 Å². The van der Waals surface area contributed by atoms with Gasteiger partial charge in [0.1, 0.15) is 5.75 Å². The molecule has 45 heavy (non-hydrogen) atoms. The van der Waals surface area contributed by atoms with Gasteiger partial charge >= 0.3 is 0 Å². The van der Waals surface area contributed by atoms with Gasteiger partial charge in [0.15, 0.2) is 5.60 Å². The molecule has 0 bridgehead atoms. The molecule has 3 N–H and O–H groups in total. The summed E-state index contributed by atoms with van der Waals surface area (Å²) in [7, 11) is -0.588. The number of aliphatic hydroxyl groups is 1. The van der Waals surface area contributed by atoms with E-state index in [1.807, 2.05) is 59.5 Å². The average molecular weight is 693 g/mol. The van der Waals surface area contributed by atoms with Crippen molar-refractivity contribution in [3.8, 4) is 5.75 Å². The standard InChI is InChI=1S/C35H42BrN3O5Si/c1-22-32(45(3,4)27-13-11-26(43-2)12-14-27)31(16-18-40)44-35(22)28-20-24(36)10-15-30(28)39(34(35)42)21-23-7-5-8-25(19-23)38-33(41)29-9-6-17-37-29/h5,7-8,10-15,19-20,22,29,31-32,37,40H,6,9,16-18,21H2,1-4H3,(H,38,41)/t22-,29+,31+,32-,35+/m0/s1. The fraction of sp³-hybridized carbons (Fsp3) is 0.429. The van der Waals surface area contributed by atoms with E-state index in [0.29, 0.717) is 18.7 Å². The first-order valence-corrected chi connectivity index (χ1v) is 19.7. The minimum atomic E-state index is -2.25. The van der Waals surface area contributed by atoms with Crippen LogP contribution in [0.3, 0.4) is 0 Å². The molecular formula is C35H42BrN3O5Si. The van der Waals surface area contributed by atoms with E-state index in [0.717, 1.165) is 46.4 Å². The fourth-order valence-corrected chi connectivity index (χ4v) is 12.3. The second kappa shape index (κ2) is 12.6. The SMILES string of the molecule is COc1ccc([Si](C)(C)[C@@H]2[C@@H](CCO)O[C@]3(C(=O)N(Cc4cccc(NC(=O)[C@H]5CCCN5)c4)c4ccc(Br)cc43)[C@H]2C)cc1. The summed E-state index contributed by atoms with van der Waals surface area (Å²) >= 11 is 3.66. The van der Waals surface area contributed by atoms with Crippen LogP contribution >= 0.6 is 15.9 Å². The maximum absolute atomic E-state index is 14.8. The van der Waals surface area contributed by atoms with Crippen molar-refractivity contribution in [2.24, 2.45) is 5.92 Å². The summed E-state index contributed by atoms with van der Waals surface area (Å²) in [6, 6.07) is 21.8. The Hall–Kier alpha value is -3.02. The Labute approximate surface area is 274 Å². The van der Waals surface area contributed by atoms with Crippen LogP contribution in [0.2, 0.25) is 18.6 Å². The number of hydrogen-bond acceptors (Lipinski definition) is 6. The van der Waals surface area contributed by atoms with Crippen LogP contribution in [0.25, 0.3) is 0 Å². The number of ether oxygens (including phenoxy) is 2. The molecule has 0 aliphatic carbocycles. The molecular weight excluding hydrogens is 650 g/mol. The van der Waals surface area contributed by atoms with Crippen molar-refractivity contribution in [1.29, 1.82) is 0 Å². The molecule has 3 aromatic rings. The maximum atomic E-state index is 14.8. The first-order chi connectivity index (χ1) is 21.6. The predicted molar refractivity (Wildman–Crippen MR) is 183 cm³/mol. The van der Waals surface area contributed by atoms with Gasteiger partial charge in [0.25, 0.3) is 5.91 Å². The van der Waals surface area contributed by atoms with E-state index in [1.165, 1.54) is 5.19 Å². The number of nitrogens with one attached hydrogen (secondary N) is 2. The summed E-state index contributed by atoms with van der Waals surface area (Å²) in [5.74, 6) is 0.543. The molecule has 2 fully saturated rings. The largest absolute Gasteiger partial charge is 0.497 e. The van der Waals surface area contributed by atoms with Crippen molar-refractivity contribution in [3.05, 3.63) is 82.3 Å². The van der Waals surface area contributed by atoms with Crippen LogP contribution in [0.15, 0.2) is 71.2 Å². The quantitative estimate of drug-likeness (QED) is 0.264. The van der Waals surface area contributed by atoms with E-state index in [4.69, 9.17) is 9.47 Å². The Morgan fingerprint density at radius 2 is 1.96 bits per heavy atom. The molecule has 0 saturated carbocycles. The molecule has 6 rings (SSSR count). The number of fused-ring (bicyclic) bond motifs is 2. The first-order valence-electron chi connectivity index (χ1n) is 15.8. The molecule has 10 heteroatoms. The zero-order valence-corrected chi connectivity index (χ0v) is 28.9.